The summed E-state index contributed by atoms with van der Waals surface area (Å²) < 4.78 is 15.0. The van der Waals surface area contributed by atoms with E-state index in [1.807, 2.05) is 31.2 Å². The zero-order valence-electron chi connectivity index (χ0n) is 12.4. The number of halogens is 2. The van der Waals surface area contributed by atoms with Crippen molar-refractivity contribution >= 4 is 27.8 Å². The molecule has 120 valence electrons. The van der Waals surface area contributed by atoms with Gasteiger partial charge in [-0.25, -0.2) is 9.18 Å². The van der Waals surface area contributed by atoms with Gasteiger partial charge in [0.05, 0.1) is 6.54 Å². The lowest BCUT2D eigenvalue weighted by molar-refractivity contribution is -0.150. The molecule has 6 heteroatoms. The second kappa shape index (κ2) is 6.77. The van der Waals surface area contributed by atoms with Crippen LogP contribution in [0.5, 0.6) is 0 Å². The van der Waals surface area contributed by atoms with Gasteiger partial charge in [-0.3, -0.25) is 4.79 Å². The van der Waals surface area contributed by atoms with Crippen LogP contribution in [0, 0.1) is 5.92 Å². The summed E-state index contributed by atoms with van der Waals surface area (Å²) in [5.74, 6) is -1.91. The maximum absolute atomic E-state index is 14.1. The predicted molar refractivity (Wildman–Crippen MR) is 84.3 cm³/mol. The fourth-order valence-electron chi connectivity index (χ4n) is 2.75. The zero-order valence-corrected chi connectivity index (χ0v) is 14.0. The van der Waals surface area contributed by atoms with Crippen LogP contribution >= 0.6 is 15.9 Å². The number of carboxylic acid groups (broad SMARTS) is 1. The summed E-state index contributed by atoms with van der Waals surface area (Å²) in [4.78, 5) is 24.8. The minimum absolute atomic E-state index is 0.138. The first-order valence-electron chi connectivity index (χ1n) is 7.31. The summed E-state index contributed by atoms with van der Waals surface area (Å²) in [5, 5.41) is 8.92. The second-order valence-corrected chi connectivity index (χ2v) is 6.64. The van der Waals surface area contributed by atoms with Crippen molar-refractivity contribution in [3.63, 3.8) is 0 Å². The highest BCUT2D eigenvalue weighted by Crippen LogP contribution is 2.28. The van der Waals surface area contributed by atoms with E-state index in [1.165, 1.54) is 4.90 Å². The standard InChI is InChI=1S/C16H19BrFNO3/c1-2-12(8-11-4-3-5-13(17)9-11)14(20)19-7-6-16(18,10-19)15(21)22/h3-5,9,12H,2,6-8,10H2,1H3,(H,21,22). The summed E-state index contributed by atoms with van der Waals surface area (Å²) in [6.07, 6.45) is 1.06. The minimum Gasteiger partial charge on any atom is -0.479 e. The van der Waals surface area contributed by atoms with Crippen LogP contribution in [-0.4, -0.2) is 40.6 Å². The van der Waals surface area contributed by atoms with E-state index in [2.05, 4.69) is 15.9 Å². The zero-order chi connectivity index (χ0) is 16.3. The number of rotatable bonds is 5. The van der Waals surface area contributed by atoms with Crippen molar-refractivity contribution < 1.29 is 19.1 Å². The van der Waals surface area contributed by atoms with E-state index in [0.717, 1.165) is 10.0 Å². The Hall–Kier alpha value is -1.43. The van der Waals surface area contributed by atoms with Crippen LogP contribution in [0.2, 0.25) is 0 Å². The van der Waals surface area contributed by atoms with E-state index in [9.17, 15) is 14.0 Å². The SMILES string of the molecule is CCC(Cc1cccc(Br)c1)C(=O)N1CCC(F)(C(=O)O)C1. The molecule has 1 aliphatic heterocycles. The van der Waals surface area contributed by atoms with Crippen molar-refractivity contribution in [3.05, 3.63) is 34.3 Å². The molecule has 1 aromatic rings. The highest BCUT2D eigenvalue weighted by atomic mass is 79.9. The molecule has 2 unspecified atom stereocenters. The van der Waals surface area contributed by atoms with Crippen molar-refractivity contribution in [3.8, 4) is 0 Å². The highest BCUT2D eigenvalue weighted by Gasteiger charge is 2.47. The predicted octanol–water partition coefficient (Wildman–Crippen LogP) is 3.04. The number of carboxylic acids is 1. The molecule has 0 bridgehead atoms. The van der Waals surface area contributed by atoms with E-state index in [-0.39, 0.29) is 31.3 Å². The van der Waals surface area contributed by atoms with Crippen molar-refractivity contribution in [1.29, 1.82) is 0 Å². The quantitative estimate of drug-likeness (QED) is 0.865. The van der Waals surface area contributed by atoms with Gasteiger partial charge < -0.3 is 10.0 Å². The third-order valence-corrected chi connectivity index (χ3v) is 4.62. The minimum atomic E-state index is -2.30. The molecule has 0 aromatic heterocycles. The maximum atomic E-state index is 14.1. The van der Waals surface area contributed by atoms with Crippen molar-refractivity contribution in [2.24, 2.45) is 5.92 Å². The van der Waals surface area contributed by atoms with Gasteiger partial charge in [-0.1, -0.05) is 35.0 Å². The summed E-state index contributed by atoms with van der Waals surface area (Å²) >= 11 is 3.40. The molecule has 1 amide bonds. The van der Waals surface area contributed by atoms with Gasteiger partial charge in [0.25, 0.3) is 0 Å². The number of alkyl halides is 1. The molecule has 22 heavy (non-hydrogen) atoms. The van der Waals surface area contributed by atoms with Gasteiger partial charge in [-0.15, -0.1) is 0 Å². The summed E-state index contributed by atoms with van der Waals surface area (Å²) in [6, 6.07) is 7.72. The Bertz CT molecular complexity index is 580. The number of aliphatic carboxylic acids is 1. The monoisotopic (exact) mass is 371 g/mol. The number of amides is 1. The fourth-order valence-corrected chi connectivity index (χ4v) is 3.20. The smallest absolute Gasteiger partial charge is 0.343 e. The van der Waals surface area contributed by atoms with Crippen LogP contribution in [0.1, 0.15) is 25.3 Å². The number of hydrogen-bond donors (Lipinski definition) is 1. The number of carbonyl (C=O) groups excluding carboxylic acids is 1. The molecule has 1 N–H and O–H groups in total. The Morgan fingerprint density at radius 1 is 1.50 bits per heavy atom. The van der Waals surface area contributed by atoms with Gasteiger partial charge in [0, 0.05) is 23.4 Å². The molecular weight excluding hydrogens is 353 g/mol. The first kappa shape index (κ1) is 16.9. The van der Waals surface area contributed by atoms with Crippen LogP contribution < -0.4 is 0 Å². The van der Waals surface area contributed by atoms with Gasteiger partial charge in [0.1, 0.15) is 0 Å². The Balaban J connectivity index is 2.05. The molecule has 1 saturated heterocycles. The van der Waals surface area contributed by atoms with Crippen molar-refractivity contribution in [2.75, 3.05) is 13.1 Å². The van der Waals surface area contributed by atoms with Crippen LogP contribution in [0.15, 0.2) is 28.7 Å². The lowest BCUT2D eigenvalue weighted by Gasteiger charge is -2.23. The first-order valence-corrected chi connectivity index (χ1v) is 8.10. The molecule has 0 aliphatic carbocycles. The molecule has 0 radical (unpaired) electrons. The third-order valence-electron chi connectivity index (χ3n) is 4.13. The highest BCUT2D eigenvalue weighted by molar-refractivity contribution is 9.10. The lowest BCUT2D eigenvalue weighted by Crippen LogP contribution is -2.41. The molecular formula is C16H19BrFNO3. The Morgan fingerprint density at radius 2 is 2.23 bits per heavy atom. The number of nitrogens with zero attached hydrogens (tertiary/aromatic N) is 1. The van der Waals surface area contributed by atoms with E-state index < -0.39 is 11.6 Å². The van der Waals surface area contributed by atoms with Crippen molar-refractivity contribution in [2.45, 2.75) is 31.9 Å². The molecule has 1 fully saturated rings. The van der Waals surface area contributed by atoms with E-state index >= 15 is 0 Å². The van der Waals surface area contributed by atoms with Crippen LogP contribution in [0.3, 0.4) is 0 Å². The van der Waals surface area contributed by atoms with E-state index in [1.54, 1.807) is 0 Å². The largest absolute Gasteiger partial charge is 0.479 e. The molecule has 1 heterocycles. The van der Waals surface area contributed by atoms with Gasteiger partial charge in [-0.05, 0) is 30.5 Å². The van der Waals surface area contributed by atoms with Crippen LogP contribution in [0.4, 0.5) is 4.39 Å². The second-order valence-electron chi connectivity index (χ2n) is 5.72. The van der Waals surface area contributed by atoms with Crippen LogP contribution in [-0.2, 0) is 16.0 Å². The Morgan fingerprint density at radius 3 is 2.77 bits per heavy atom. The average molecular weight is 372 g/mol. The number of carbonyl (C=O) groups is 2. The molecule has 1 aliphatic rings. The van der Waals surface area contributed by atoms with Crippen LogP contribution in [0.25, 0.3) is 0 Å². The molecule has 2 rings (SSSR count). The molecule has 0 saturated carbocycles. The van der Waals surface area contributed by atoms with Crippen molar-refractivity contribution in [1.82, 2.24) is 4.90 Å². The Kier molecular flexibility index (Phi) is 5.21. The number of hydrogen-bond acceptors (Lipinski definition) is 2. The Labute approximate surface area is 137 Å². The maximum Gasteiger partial charge on any atom is 0.343 e. The van der Waals surface area contributed by atoms with Gasteiger partial charge in [-0.2, -0.15) is 0 Å². The van der Waals surface area contributed by atoms with Gasteiger partial charge in [0.15, 0.2) is 0 Å². The van der Waals surface area contributed by atoms with E-state index in [0.29, 0.717) is 12.8 Å². The summed E-state index contributed by atoms with van der Waals surface area (Å²) in [5.41, 5.74) is -1.28. The topological polar surface area (TPSA) is 57.6 Å². The normalized spacial score (nSPS) is 22.6. The molecule has 1 aromatic carbocycles. The molecule has 2 atom stereocenters. The van der Waals surface area contributed by atoms with Gasteiger partial charge >= 0.3 is 5.97 Å². The number of likely N-dealkylation sites (tertiary alicyclic amines) is 1. The average Bonchev–Trinajstić information content (AvgIpc) is 2.88. The summed E-state index contributed by atoms with van der Waals surface area (Å²) in [7, 11) is 0. The lowest BCUT2D eigenvalue weighted by atomic mass is 9.95. The fraction of sp³-hybridized carbons (Fsp3) is 0.500. The van der Waals surface area contributed by atoms with E-state index in [4.69, 9.17) is 5.11 Å². The first-order chi connectivity index (χ1) is 10.4. The molecule has 0 spiro atoms. The summed E-state index contributed by atoms with van der Waals surface area (Å²) in [6.45, 7) is 1.73. The number of benzene rings is 1. The molecule has 4 nitrogen and oxygen atoms in total. The van der Waals surface area contributed by atoms with Gasteiger partial charge in [0.2, 0.25) is 11.6 Å². The third kappa shape index (κ3) is 3.66.